The summed E-state index contributed by atoms with van der Waals surface area (Å²) in [4.78, 5) is 12.9. The molecule has 0 aliphatic carbocycles. The molecule has 9 heteroatoms. The highest BCUT2D eigenvalue weighted by molar-refractivity contribution is 9.10. The third kappa shape index (κ3) is 3.19. The molecule has 0 aliphatic heterocycles. The van der Waals surface area contributed by atoms with Crippen molar-refractivity contribution in [3.05, 3.63) is 26.5 Å². The van der Waals surface area contributed by atoms with Gasteiger partial charge in [0.25, 0.3) is 6.43 Å². The van der Waals surface area contributed by atoms with Crippen LogP contribution in [-0.2, 0) is 0 Å². The molecule has 0 fully saturated rings. The predicted octanol–water partition coefficient (Wildman–Crippen LogP) is 2.97. The Morgan fingerprint density at radius 2 is 1.94 bits per heavy atom. The first-order valence-electron chi connectivity index (χ1n) is 3.67. The number of aromatic nitrogens is 1. The molecule has 0 spiro atoms. The van der Waals surface area contributed by atoms with E-state index in [1.807, 2.05) is 4.98 Å². The second-order valence-electron chi connectivity index (χ2n) is 2.57. The zero-order chi connectivity index (χ0) is 12.5. The van der Waals surface area contributed by atoms with Gasteiger partial charge in [0.1, 0.15) is 0 Å². The van der Waals surface area contributed by atoms with Gasteiger partial charge in [-0.15, -0.1) is 13.2 Å². The molecule has 90 valence electrons. The number of alkyl halides is 5. The summed E-state index contributed by atoms with van der Waals surface area (Å²) in [5.74, 6) is -0.964. The standard InChI is InChI=1S/C7H3BrF5NO2/c8-5-4(6(9)10)2(15)1-3(14-5)16-7(11,12)13/h1,6H,(H,14,15). The zero-order valence-corrected chi connectivity index (χ0v) is 8.82. The van der Waals surface area contributed by atoms with Gasteiger partial charge < -0.3 is 9.72 Å². The first-order chi connectivity index (χ1) is 7.20. The predicted molar refractivity (Wildman–Crippen MR) is 46.4 cm³/mol. The number of nitrogens with one attached hydrogen (secondary N) is 1. The number of hydrogen-bond donors (Lipinski definition) is 1. The Kier molecular flexibility index (Phi) is 3.56. The highest BCUT2D eigenvalue weighted by Gasteiger charge is 2.32. The molecule has 1 aromatic rings. The van der Waals surface area contributed by atoms with E-state index < -0.39 is 34.3 Å². The van der Waals surface area contributed by atoms with Gasteiger partial charge in [0.2, 0.25) is 5.88 Å². The van der Waals surface area contributed by atoms with Gasteiger partial charge in [0.15, 0.2) is 5.43 Å². The summed E-state index contributed by atoms with van der Waals surface area (Å²) in [5, 5.41) is 0. The molecule has 0 atom stereocenters. The van der Waals surface area contributed by atoms with Crippen molar-refractivity contribution in [2.24, 2.45) is 0 Å². The molecule has 0 bridgehead atoms. The fourth-order valence-electron chi connectivity index (χ4n) is 0.900. The van der Waals surface area contributed by atoms with E-state index in [1.54, 1.807) is 0 Å². The van der Waals surface area contributed by atoms with Crippen LogP contribution in [0.2, 0.25) is 0 Å². The molecule has 0 aliphatic rings. The molecular formula is C7H3BrF5NO2. The first-order valence-corrected chi connectivity index (χ1v) is 4.46. The lowest BCUT2D eigenvalue weighted by Crippen LogP contribution is -2.20. The minimum absolute atomic E-state index is 0.305. The molecule has 1 N–H and O–H groups in total. The summed E-state index contributed by atoms with van der Waals surface area (Å²) in [6.45, 7) is 0. The number of hydrogen-bond acceptors (Lipinski definition) is 2. The number of halogens is 6. The summed E-state index contributed by atoms with van der Waals surface area (Å²) in [6, 6.07) is 0.305. The van der Waals surface area contributed by atoms with Crippen molar-refractivity contribution in [1.82, 2.24) is 4.98 Å². The van der Waals surface area contributed by atoms with Crippen molar-refractivity contribution >= 4 is 15.9 Å². The van der Waals surface area contributed by atoms with Crippen molar-refractivity contribution in [2.75, 3.05) is 0 Å². The van der Waals surface area contributed by atoms with E-state index in [4.69, 9.17) is 0 Å². The highest BCUT2D eigenvalue weighted by Crippen LogP contribution is 2.26. The van der Waals surface area contributed by atoms with E-state index in [9.17, 15) is 26.7 Å². The summed E-state index contributed by atoms with van der Waals surface area (Å²) >= 11 is 2.52. The maximum absolute atomic E-state index is 12.2. The highest BCUT2D eigenvalue weighted by atomic mass is 79.9. The quantitative estimate of drug-likeness (QED) is 0.674. The number of H-pyrrole nitrogens is 1. The molecule has 1 heterocycles. The summed E-state index contributed by atoms with van der Waals surface area (Å²) in [7, 11) is 0. The number of ether oxygens (including phenoxy) is 1. The van der Waals surface area contributed by atoms with Gasteiger partial charge in [0.05, 0.1) is 10.2 Å². The summed E-state index contributed by atoms with van der Waals surface area (Å²) in [5.41, 5.74) is -2.20. The zero-order valence-electron chi connectivity index (χ0n) is 7.24. The normalized spacial score (nSPS) is 11.9. The molecule has 0 amide bonds. The van der Waals surface area contributed by atoms with Crippen LogP contribution in [-0.4, -0.2) is 11.3 Å². The van der Waals surface area contributed by atoms with Crippen molar-refractivity contribution in [2.45, 2.75) is 12.8 Å². The van der Waals surface area contributed by atoms with Crippen LogP contribution in [0.1, 0.15) is 12.0 Å². The van der Waals surface area contributed by atoms with Gasteiger partial charge in [0, 0.05) is 6.07 Å². The molecule has 0 radical (unpaired) electrons. The minimum atomic E-state index is -5.01. The van der Waals surface area contributed by atoms with Crippen LogP contribution >= 0.6 is 15.9 Å². The lowest BCUT2D eigenvalue weighted by Gasteiger charge is -2.10. The van der Waals surface area contributed by atoms with Crippen LogP contribution in [0.25, 0.3) is 0 Å². The SMILES string of the molecule is O=c1cc(OC(F)(F)F)[nH]c(Br)c1C(F)F. The van der Waals surface area contributed by atoms with Crippen LogP contribution in [0.3, 0.4) is 0 Å². The maximum atomic E-state index is 12.2. The molecule has 3 nitrogen and oxygen atoms in total. The van der Waals surface area contributed by atoms with Crippen LogP contribution < -0.4 is 10.2 Å². The monoisotopic (exact) mass is 307 g/mol. The average molecular weight is 308 g/mol. The number of pyridine rings is 1. The van der Waals surface area contributed by atoms with Crippen molar-refractivity contribution < 1.29 is 26.7 Å². The van der Waals surface area contributed by atoms with Gasteiger partial charge in [-0.05, 0) is 15.9 Å². The lowest BCUT2D eigenvalue weighted by atomic mass is 10.3. The van der Waals surface area contributed by atoms with Crippen LogP contribution in [0.4, 0.5) is 22.0 Å². The summed E-state index contributed by atoms with van der Waals surface area (Å²) < 4.78 is 62.6. The van der Waals surface area contributed by atoms with Gasteiger partial charge in [-0.1, -0.05) is 0 Å². The van der Waals surface area contributed by atoms with Gasteiger partial charge in [-0.3, -0.25) is 4.79 Å². The minimum Gasteiger partial charge on any atom is -0.390 e. The Hall–Kier alpha value is -1.12. The number of rotatable bonds is 2. The Morgan fingerprint density at radius 3 is 2.31 bits per heavy atom. The average Bonchev–Trinajstić information content (AvgIpc) is 1.96. The molecule has 16 heavy (non-hydrogen) atoms. The molecule has 0 aromatic carbocycles. The largest absolute Gasteiger partial charge is 0.574 e. The van der Waals surface area contributed by atoms with E-state index in [2.05, 4.69) is 20.7 Å². The van der Waals surface area contributed by atoms with Crippen LogP contribution in [0.15, 0.2) is 15.5 Å². The fourth-order valence-corrected chi connectivity index (χ4v) is 1.46. The van der Waals surface area contributed by atoms with Crippen molar-refractivity contribution in [3.63, 3.8) is 0 Å². The first kappa shape index (κ1) is 12.9. The fraction of sp³-hybridized carbons (Fsp3) is 0.286. The smallest absolute Gasteiger partial charge is 0.390 e. The van der Waals surface area contributed by atoms with E-state index in [0.717, 1.165) is 0 Å². The number of aromatic amines is 1. The molecule has 1 aromatic heterocycles. The summed E-state index contributed by atoms with van der Waals surface area (Å²) in [6.07, 6.45) is -8.10. The third-order valence-electron chi connectivity index (χ3n) is 1.44. The Morgan fingerprint density at radius 1 is 1.38 bits per heavy atom. The second kappa shape index (κ2) is 4.40. The van der Waals surface area contributed by atoms with E-state index in [0.29, 0.717) is 6.07 Å². The Bertz CT molecular complexity index is 441. The molecule has 1 rings (SSSR count). The third-order valence-corrected chi connectivity index (χ3v) is 2.07. The lowest BCUT2D eigenvalue weighted by molar-refractivity contribution is -0.276. The van der Waals surface area contributed by atoms with E-state index in [1.165, 1.54) is 0 Å². The van der Waals surface area contributed by atoms with Crippen LogP contribution in [0, 0.1) is 0 Å². The van der Waals surface area contributed by atoms with Crippen molar-refractivity contribution in [1.29, 1.82) is 0 Å². The topological polar surface area (TPSA) is 42.1 Å². The Labute approximate surface area is 93.4 Å². The molecular weight excluding hydrogens is 305 g/mol. The Balaban J connectivity index is 3.16. The van der Waals surface area contributed by atoms with Gasteiger partial charge >= 0.3 is 6.36 Å². The van der Waals surface area contributed by atoms with E-state index >= 15 is 0 Å². The second-order valence-corrected chi connectivity index (χ2v) is 3.37. The van der Waals surface area contributed by atoms with Crippen LogP contribution in [0.5, 0.6) is 5.88 Å². The van der Waals surface area contributed by atoms with Gasteiger partial charge in [-0.25, -0.2) is 8.78 Å². The molecule has 0 saturated heterocycles. The molecule has 0 saturated carbocycles. The molecule has 0 unspecified atom stereocenters. The van der Waals surface area contributed by atoms with E-state index in [-0.39, 0.29) is 0 Å². The van der Waals surface area contributed by atoms with Gasteiger partial charge in [-0.2, -0.15) is 0 Å². The van der Waals surface area contributed by atoms with Crippen molar-refractivity contribution in [3.8, 4) is 5.88 Å². The maximum Gasteiger partial charge on any atom is 0.574 e.